The number of benzene rings is 3. The molecule has 0 aromatic heterocycles. The molecule has 2 heterocycles. The summed E-state index contributed by atoms with van der Waals surface area (Å²) in [5.41, 5.74) is 5.59. The van der Waals surface area contributed by atoms with Gasteiger partial charge in [0.05, 0.1) is 11.3 Å². The molecule has 0 atom stereocenters. The van der Waals surface area contributed by atoms with E-state index in [0.29, 0.717) is 23.4 Å². The van der Waals surface area contributed by atoms with Crippen molar-refractivity contribution in [2.24, 2.45) is 0 Å². The Balaban J connectivity index is 1.23. The molecule has 0 aliphatic carbocycles. The highest BCUT2D eigenvalue weighted by molar-refractivity contribution is 6.11. The minimum Gasteiger partial charge on any atom is -0.384 e. The number of fused-ring (bicyclic) bond motifs is 1. The monoisotopic (exact) mass is 469 g/mol. The molecule has 7 heteroatoms. The van der Waals surface area contributed by atoms with Crippen molar-refractivity contribution in [2.75, 3.05) is 56.9 Å². The average molecular weight is 470 g/mol. The van der Waals surface area contributed by atoms with Crippen LogP contribution in [0.3, 0.4) is 0 Å². The van der Waals surface area contributed by atoms with Crippen LogP contribution >= 0.6 is 0 Å². The smallest absolute Gasteiger partial charge is 0.255 e. The fourth-order valence-electron chi connectivity index (χ4n) is 4.70. The second kappa shape index (κ2) is 10.3. The van der Waals surface area contributed by atoms with Gasteiger partial charge >= 0.3 is 0 Å². The maximum atomic E-state index is 13.0. The second-order valence-electron chi connectivity index (χ2n) is 9.17. The van der Waals surface area contributed by atoms with Crippen LogP contribution in [0.15, 0.2) is 66.7 Å². The standard InChI is InChI=1S/C28H31N5O2/c1-32-15-17-33(18-16-32)14-13-29-22-9-7-21(8-10-22)27(34)31-25-12-11-23(20-5-3-2-4-6-20)24-19-30-28(35)26(24)25/h2-12,29H,13-19H2,1H3,(H,30,35)(H,31,34). The Morgan fingerprint density at radius 2 is 1.69 bits per heavy atom. The molecule has 2 aliphatic rings. The summed E-state index contributed by atoms with van der Waals surface area (Å²) in [6.45, 7) is 6.76. The number of carbonyl (C=O) groups is 2. The summed E-state index contributed by atoms with van der Waals surface area (Å²) in [6.07, 6.45) is 0. The number of anilines is 2. The Hall–Kier alpha value is -3.68. The Morgan fingerprint density at radius 3 is 2.43 bits per heavy atom. The van der Waals surface area contributed by atoms with E-state index in [0.717, 1.165) is 61.6 Å². The molecule has 0 spiro atoms. The number of rotatable bonds is 7. The maximum Gasteiger partial charge on any atom is 0.255 e. The van der Waals surface area contributed by atoms with Gasteiger partial charge in [-0.1, -0.05) is 36.4 Å². The summed E-state index contributed by atoms with van der Waals surface area (Å²) in [7, 11) is 2.16. The molecule has 3 N–H and O–H groups in total. The van der Waals surface area contributed by atoms with Crippen molar-refractivity contribution in [1.29, 1.82) is 0 Å². The van der Waals surface area contributed by atoms with Crippen LogP contribution in [0.1, 0.15) is 26.3 Å². The second-order valence-corrected chi connectivity index (χ2v) is 9.17. The molecule has 7 nitrogen and oxygen atoms in total. The van der Waals surface area contributed by atoms with Crippen LogP contribution in [-0.2, 0) is 6.54 Å². The normalized spacial score (nSPS) is 16.0. The molecule has 3 aromatic carbocycles. The van der Waals surface area contributed by atoms with Crippen LogP contribution in [0.5, 0.6) is 0 Å². The van der Waals surface area contributed by atoms with E-state index in [1.54, 1.807) is 0 Å². The average Bonchev–Trinajstić information content (AvgIpc) is 3.28. The molecule has 180 valence electrons. The topological polar surface area (TPSA) is 76.7 Å². The number of piperazine rings is 1. The summed E-state index contributed by atoms with van der Waals surface area (Å²) < 4.78 is 0. The zero-order valence-corrected chi connectivity index (χ0v) is 20.0. The van der Waals surface area contributed by atoms with Gasteiger partial charge in [-0.05, 0) is 54.1 Å². The zero-order chi connectivity index (χ0) is 24.2. The third-order valence-electron chi connectivity index (χ3n) is 6.80. The lowest BCUT2D eigenvalue weighted by Crippen LogP contribution is -2.45. The van der Waals surface area contributed by atoms with Gasteiger partial charge in [-0.2, -0.15) is 0 Å². The van der Waals surface area contributed by atoms with Crippen molar-refractivity contribution in [3.63, 3.8) is 0 Å². The minimum absolute atomic E-state index is 0.159. The SMILES string of the molecule is CN1CCN(CCNc2ccc(C(=O)Nc3ccc(-c4ccccc4)c4c3C(=O)NC4)cc2)CC1. The fraction of sp³-hybridized carbons (Fsp3) is 0.286. The Bertz CT molecular complexity index is 1200. The third kappa shape index (κ3) is 5.21. The van der Waals surface area contributed by atoms with Gasteiger partial charge in [-0.3, -0.25) is 14.5 Å². The van der Waals surface area contributed by atoms with Crippen LogP contribution in [0.2, 0.25) is 0 Å². The maximum absolute atomic E-state index is 13.0. The molecule has 0 unspecified atom stereocenters. The van der Waals surface area contributed by atoms with Crippen LogP contribution in [0.4, 0.5) is 11.4 Å². The number of nitrogens with one attached hydrogen (secondary N) is 3. The Labute approximate surface area is 206 Å². The lowest BCUT2D eigenvalue weighted by molar-refractivity contribution is 0.0966. The first-order valence-corrected chi connectivity index (χ1v) is 12.1. The summed E-state index contributed by atoms with van der Waals surface area (Å²) >= 11 is 0. The predicted molar refractivity (Wildman–Crippen MR) is 140 cm³/mol. The van der Waals surface area contributed by atoms with Gasteiger partial charge in [-0.25, -0.2) is 0 Å². The number of carbonyl (C=O) groups excluding carboxylic acids is 2. The van der Waals surface area contributed by atoms with E-state index in [-0.39, 0.29) is 11.8 Å². The first kappa shape index (κ1) is 23.1. The van der Waals surface area contributed by atoms with Gasteiger partial charge in [0.1, 0.15) is 0 Å². The first-order chi connectivity index (χ1) is 17.1. The highest BCUT2D eigenvalue weighted by Gasteiger charge is 2.26. The molecule has 0 bridgehead atoms. The molecule has 2 amide bonds. The predicted octanol–water partition coefficient (Wildman–Crippen LogP) is 3.51. The largest absolute Gasteiger partial charge is 0.384 e. The molecule has 3 aromatic rings. The lowest BCUT2D eigenvalue weighted by atomic mass is 9.95. The molecule has 2 aliphatic heterocycles. The molecule has 0 radical (unpaired) electrons. The van der Waals surface area contributed by atoms with Crippen LogP contribution in [0, 0.1) is 0 Å². The molecule has 1 saturated heterocycles. The van der Waals surface area contributed by atoms with Crippen molar-refractivity contribution in [1.82, 2.24) is 15.1 Å². The highest BCUT2D eigenvalue weighted by Crippen LogP contribution is 2.34. The molecule has 35 heavy (non-hydrogen) atoms. The summed E-state index contributed by atoms with van der Waals surface area (Å²) in [5.74, 6) is -0.392. The molecule has 5 rings (SSSR count). The zero-order valence-electron chi connectivity index (χ0n) is 20.0. The number of hydrogen-bond donors (Lipinski definition) is 3. The molecular formula is C28H31N5O2. The number of nitrogens with zero attached hydrogens (tertiary/aromatic N) is 2. The van der Waals surface area contributed by atoms with Gasteiger partial charge < -0.3 is 20.9 Å². The van der Waals surface area contributed by atoms with Crippen molar-refractivity contribution >= 4 is 23.2 Å². The fourth-order valence-corrected chi connectivity index (χ4v) is 4.70. The quantitative estimate of drug-likeness (QED) is 0.494. The first-order valence-electron chi connectivity index (χ1n) is 12.1. The van der Waals surface area contributed by atoms with Gasteiger partial charge in [0, 0.05) is 57.1 Å². The highest BCUT2D eigenvalue weighted by atomic mass is 16.2. The minimum atomic E-state index is -0.233. The van der Waals surface area contributed by atoms with Gasteiger partial charge in [-0.15, -0.1) is 0 Å². The van der Waals surface area contributed by atoms with E-state index in [1.165, 1.54) is 0 Å². The van der Waals surface area contributed by atoms with E-state index in [1.807, 2.05) is 66.7 Å². The molecular weight excluding hydrogens is 438 g/mol. The van der Waals surface area contributed by atoms with Gasteiger partial charge in [0.15, 0.2) is 0 Å². The Morgan fingerprint density at radius 1 is 0.943 bits per heavy atom. The van der Waals surface area contributed by atoms with Gasteiger partial charge in [0.2, 0.25) is 0 Å². The van der Waals surface area contributed by atoms with Crippen molar-refractivity contribution in [3.05, 3.63) is 83.4 Å². The van der Waals surface area contributed by atoms with Crippen LogP contribution < -0.4 is 16.0 Å². The molecule has 0 saturated carbocycles. The van der Waals surface area contributed by atoms with Crippen molar-refractivity contribution in [2.45, 2.75) is 6.54 Å². The van der Waals surface area contributed by atoms with E-state index in [9.17, 15) is 9.59 Å². The molecule has 1 fully saturated rings. The number of likely N-dealkylation sites (N-methyl/N-ethyl adjacent to an activating group) is 1. The van der Waals surface area contributed by atoms with E-state index < -0.39 is 0 Å². The van der Waals surface area contributed by atoms with Crippen molar-refractivity contribution in [3.8, 4) is 11.1 Å². The summed E-state index contributed by atoms with van der Waals surface area (Å²) in [6, 6.07) is 21.2. The van der Waals surface area contributed by atoms with E-state index in [4.69, 9.17) is 0 Å². The van der Waals surface area contributed by atoms with E-state index in [2.05, 4.69) is 32.8 Å². The van der Waals surface area contributed by atoms with Crippen LogP contribution in [0.25, 0.3) is 11.1 Å². The third-order valence-corrected chi connectivity index (χ3v) is 6.80. The van der Waals surface area contributed by atoms with Crippen molar-refractivity contribution < 1.29 is 9.59 Å². The van der Waals surface area contributed by atoms with E-state index >= 15 is 0 Å². The van der Waals surface area contributed by atoms with Crippen LogP contribution in [-0.4, -0.2) is 67.9 Å². The number of amides is 2. The Kier molecular flexibility index (Phi) is 6.79. The summed E-state index contributed by atoms with van der Waals surface area (Å²) in [4.78, 5) is 30.4. The van der Waals surface area contributed by atoms with Gasteiger partial charge in [0.25, 0.3) is 11.8 Å². The number of hydrogen-bond acceptors (Lipinski definition) is 5. The summed E-state index contributed by atoms with van der Waals surface area (Å²) in [5, 5.41) is 9.28. The lowest BCUT2D eigenvalue weighted by Gasteiger charge is -2.32.